The van der Waals surface area contributed by atoms with Crippen LogP contribution >= 0.6 is 22.6 Å². The van der Waals surface area contributed by atoms with Gasteiger partial charge in [-0.15, -0.1) is 0 Å². The van der Waals surface area contributed by atoms with Crippen LogP contribution in [0.1, 0.15) is 21.5 Å². The van der Waals surface area contributed by atoms with Crippen LogP contribution in [0.5, 0.6) is 11.5 Å². The van der Waals surface area contributed by atoms with E-state index in [0.29, 0.717) is 22.3 Å². The number of aromatic carboxylic acids is 1. The van der Waals surface area contributed by atoms with E-state index in [1.165, 1.54) is 0 Å². The highest BCUT2D eigenvalue weighted by Gasteiger charge is 2.10. The van der Waals surface area contributed by atoms with Gasteiger partial charge in [-0.25, -0.2) is 4.79 Å². The van der Waals surface area contributed by atoms with Crippen molar-refractivity contribution in [1.82, 2.24) is 0 Å². The Balaban J connectivity index is 2.07. The molecule has 1 N–H and O–H groups in total. The fourth-order valence-corrected chi connectivity index (χ4v) is 2.50. The second-order valence-corrected chi connectivity index (χ2v) is 5.16. The summed E-state index contributed by atoms with van der Waals surface area (Å²) in [6.45, 7) is 0.428. The van der Waals surface area contributed by atoms with E-state index in [4.69, 9.17) is 14.6 Å². The number of ether oxygens (including phenoxy) is 2. The van der Waals surface area contributed by atoms with E-state index in [2.05, 4.69) is 22.6 Å². The van der Waals surface area contributed by atoms with Gasteiger partial charge in [0.25, 0.3) is 0 Å². The number of hydrogen-bond acceptors (Lipinski definition) is 3. The van der Waals surface area contributed by atoms with Gasteiger partial charge in [0.15, 0.2) is 0 Å². The van der Waals surface area contributed by atoms with Gasteiger partial charge in [-0.2, -0.15) is 0 Å². The molecule has 0 aliphatic rings. The summed E-state index contributed by atoms with van der Waals surface area (Å²) in [5, 5.41) is 9.09. The number of benzene rings is 2. The maximum atomic E-state index is 11.1. The lowest BCUT2D eigenvalue weighted by molar-refractivity contribution is 0.0696. The molecule has 21 heavy (non-hydrogen) atoms. The smallest absolute Gasteiger partial charge is 0.335 e. The normalized spacial score (nSPS) is 10.2. The van der Waals surface area contributed by atoms with Gasteiger partial charge in [-0.05, 0) is 41.5 Å². The van der Waals surface area contributed by atoms with Crippen molar-refractivity contribution in [2.75, 3.05) is 7.11 Å². The fourth-order valence-electron chi connectivity index (χ4n) is 1.87. The van der Waals surface area contributed by atoms with Crippen LogP contribution in [-0.4, -0.2) is 18.2 Å². The molecule has 0 bridgehead atoms. The molecule has 4 nitrogen and oxygen atoms in total. The molecule has 0 amide bonds. The molecule has 0 saturated carbocycles. The Morgan fingerprint density at radius 2 is 1.81 bits per heavy atom. The third-order valence-electron chi connectivity index (χ3n) is 3.02. The lowest BCUT2D eigenvalue weighted by Crippen LogP contribution is -2.02. The van der Waals surface area contributed by atoms with Crippen molar-refractivity contribution in [2.45, 2.75) is 11.0 Å². The Labute approximate surface area is 136 Å². The summed E-state index contributed by atoms with van der Waals surface area (Å²) in [6.07, 6.45) is 0. The summed E-state index contributed by atoms with van der Waals surface area (Å²) < 4.78 is 11.4. The summed E-state index contributed by atoms with van der Waals surface area (Å²) in [4.78, 5) is 11.1. The third kappa shape index (κ3) is 4.10. The van der Waals surface area contributed by atoms with Gasteiger partial charge in [-0.1, -0.05) is 34.7 Å². The highest BCUT2D eigenvalue weighted by Crippen LogP contribution is 2.22. The number of carboxylic acids is 1. The molecule has 5 heteroatoms. The van der Waals surface area contributed by atoms with Crippen molar-refractivity contribution in [1.29, 1.82) is 0 Å². The van der Waals surface area contributed by atoms with Crippen molar-refractivity contribution in [3.63, 3.8) is 0 Å². The SMILES string of the molecule is COc1ccc(COc2ccc(C(=O)O)c(CI)c2)cc1. The van der Waals surface area contributed by atoms with Crippen LogP contribution in [-0.2, 0) is 11.0 Å². The van der Waals surface area contributed by atoms with Gasteiger partial charge in [0.05, 0.1) is 12.7 Å². The molecule has 0 aromatic heterocycles. The van der Waals surface area contributed by atoms with Gasteiger partial charge in [-0.3, -0.25) is 0 Å². The molecule has 0 fully saturated rings. The number of carbonyl (C=O) groups is 1. The lowest BCUT2D eigenvalue weighted by Gasteiger charge is -2.10. The molecule has 2 rings (SSSR count). The Kier molecular flexibility index (Phi) is 5.44. The Morgan fingerprint density at radius 1 is 1.14 bits per heavy atom. The van der Waals surface area contributed by atoms with Crippen LogP contribution in [0.15, 0.2) is 42.5 Å². The summed E-state index contributed by atoms with van der Waals surface area (Å²) in [5.74, 6) is 0.558. The van der Waals surface area contributed by atoms with Crippen LogP contribution in [0.3, 0.4) is 0 Å². The maximum absolute atomic E-state index is 11.1. The van der Waals surface area contributed by atoms with Crippen molar-refractivity contribution in [3.05, 3.63) is 59.2 Å². The second-order valence-electron chi connectivity index (χ2n) is 4.39. The minimum Gasteiger partial charge on any atom is -0.497 e. The first-order valence-electron chi connectivity index (χ1n) is 6.32. The van der Waals surface area contributed by atoms with E-state index >= 15 is 0 Å². The molecule has 0 unspecified atom stereocenters. The summed E-state index contributed by atoms with van der Waals surface area (Å²) in [5.41, 5.74) is 2.10. The van der Waals surface area contributed by atoms with E-state index in [1.807, 2.05) is 24.3 Å². The number of methoxy groups -OCH3 is 1. The predicted octanol–water partition coefficient (Wildman–Crippen LogP) is 3.91. The molecule has 0 radical (unpaired) electrons. The fraction of sp³-hybridized carbons (Fsp3) is 0.188. The zero-order valence-corrected chi connectivity index (χ0v) is 13.7. The van der Waals surface area contributed by atoms with Crippen molar-refractivity contribution >= 4 is 28.6 Å². The largest absolute Gasteiger partial charge is 0.497 e. The minimum absolute atomic E-state index is 0.321. The number of alkyl halides is 1. The molecular weight excluding hydrogens is 383 g/mol. The topological polar surface area (TPSA) is 55.8 Å². The zero-order valence-electron chi connectivity index (χ0n) is 11.5. The molecule has 0 aliphatic carbocycles. The molecule has 0 heterocycles. The Bertz CT molecular complexity index is 623. The number of carboxylic acid groups (broad SMARTS) is 1. The quantitative estimate of drug-likeness (QED) is 0.592. The molecule has 2 aromatic carbocycles. The highest BCUT2D eigenvalue weighted by atomic mass is 127. The summed E-state index contributed by atoms with van der Waals surface area (Å²) >= 11 is 2.14. The Hall–Kier alpha value is -1.76. The maximum Gasteiger partial charge on any atom is 0.335 e. The van der Waals surface area contributed by atoms with Gasteiger partial charge in [0, 0.05) is 4.43 Å². The number of hydrogen-bond donors (Lipinski definition) is 1. The standard InChI is InChI=1S/C16H15IO4/c1-20-13-4-2-11(3-5-13)10-21-14-6-7-15(16(18)19)12(8-14)9-17/h2-8H,9-10H2,1H3,(H,18,19). The van der Waals surface area contributed by atoms with E-state index in [1.54, 1.807) is 25.3 Å². The van der Waals surface area contributed by atoms with E-state index in [9.17, 15) is 4.79 Å². The molecule has 0 aliphatic heterocycles. The first kappa shape index (κ1) is 15.6. The average Bonchev–Trinajstić information content (AvgIpc) is 2.52. The van der Waals surface area contributed by atoms with Crippen molar-refractivity contribution in [2.24, 2.45) is 0 Å². The van der Waals surface area contributed by atoms with Crippen LogP contribution in [0.25, 0.3) is 0 Å². The molecule has 110 valence electrons. The minimum atomic E-state index is -0.914. The molecule has 0 saturated heterocycles. The van der Waals surface area contributed by atoms with Crippen LogP contribution in [0.2, 0.25) is 0 Å². The molecule has 0 spiro atoms. The first-order chi connectivity index (χ1) is 10.1. The molecule has 0 atom stereocenters. The second kappa shape index (κ2) is 7.31. The average molecular weight is 398 g/mol. The van der Waals surface area contributed by atoms with Crippen LogP contribution in [0.4, 0.5) is 0 Å². The van der Waals surface area contributed by atoms with Crippen LogP contribution < -0.4 is 9.47 Å². The number of halogens is 1. The van der Waals surface area contributed by atoms with Crippen molar-refractivity contribution < 1.29 is 19.4 Å². The summed E-state index contributed by atoms with van der Waals surface area (Å²) in [7, 11) is 1.63. The predicted molar refractivity (Wildman–Crippen MR) is 88.5 cm³/mol. The Morgan fingerprint density at radius 3 is 2.38 bits per heavy atom. The van der Waals surface area contributed by atoms with Gasteiger partial charge >= 0.3 is 5.97 Å². The van der Waals surface area contributed by atoms with Gasteiger partial charge < -0.3 is 14.6 Å². The molecule has 2 aromatic rings. The lowest BCUT2D eigenvalue weighted by atomic mass is 10.1. The van der Waals surface area contributed by atoms with E-state index < -0.39 is 5.97 Å². The van der Waals surface area contributed by atoms with Gasteiger partial charge in [0.2, 0.25) is 0 Å². The van der Waals surface area contributed by atoms with Crippen molar-refractivity contribution in [3.8, 4) is 11.5 Å². The van der Waals surface area contributed by atoms with E-state index in [-0.39, 0.29) is 0 Å². The zero-order chi connectivity index (χ0) is 15.2. The van der Waals surface area contributed by atoms with Gasteiger partial charge in [0.1, 0.15) is 18.1 Å². The number of rotatable bonds is 6. The molecular formula is C16H15IO4. The van der Waals surface area contributed by atoms with E-state index in [0.717, 1.165) is 16.9 Å². The van der Waals surface area contributed by atoms with Crippen LogP contribution in [0, 0.1) is 0 Å². The highest BCUT2D eigenvalue weighted by molar-refractivity contribution is 14.1. The third-order valence-corrected chi connectivity index (χ3v) is 3.84. The summed E-state index contributed by atoms with van der Waals surface area (Å²) in [6, 6.07) is 12.7. The first-order valence-corrected chi connectivity index (χ1v) is 7.84. The monoisotopic (exact) mass is 398 g/mol.